The molecule has 16 nitrogen and oxygen atoms in total. The number of alkyl halides is 2. The molecule has 6 heterocycles. The molecule has 4 fully saturated rings. The molecular weight excluding hydrogens is 851 g/mol. The van der Waals surface area contributed by atoms with Crippen molar-refractivity contribution in [3.8, 4) is 11.5 Å². The van der Waals surface area contributed by atoms with Gasteiger partial charge in [-0.15, -0.1) is 0 Å². The Balaban J connectivity index is 0.704. The predicted octanol–water partition coefficient (Wildman–Crippen LogP) is 6.72. The monoisotopic (exact) mass is 908 g/mol. The molecule has 350 valence electrons. The first-order valence-corrected chi connectivity index (χ1v) is 23.3. The van der Waals surface area contributed by atoms with Gasteiger partial charge in [0.25, 0.3) is 24.1 Å². The normalized spacial score (nSPS) is 22.6. The number of benzene rings is 1. The molecule has 1 unspecified atom stereocenters. The van der Waals surface area contributed by atoms with Crippen LogP contribution in [0.3, 0.4) is 0 Å². The fraction of sp³-hybridized carbons (Fsp3) is 0.521. The van der Waals surface area contributed by atoms with Crippen molar-refractivity contribution in [2.75, 3.05) is 63.6 Å². The Bertz CT molecular complexity index is 2440. The molecule has 2 saturated heterocycles. The first-order chi connectivity index (χ1) is 32.0. The summed E-state index contributed by atoms with van der Waals surface area (Å²) in [6, 6.07) is 7.93. The third-order valence-corrected chi connectivity index (χ3v) is 13.7. The second-order valence-electron chi connectivity index (χ2n) is 18.5. The number of pyridine rings is 1. The van der Waals surface area contributed by atoms with Crippen LogP contribution in [-0.4, -0.2) is 123 Å². The van der Waals surface area contributed by atoms with E-state index in [9.17, 15) is 28.0 Å². The highest BCUT2D eigenvalue weighted by molar-refractivity contribution is 6.25. The Hall–Kier alpha value is -5.85. The molecule has 66 heavy (non-hydrogen) atoms. The van der Waals surface area contributed by atoms with Crippen molar-refractivity contribution in [1.82, 2.24) is 39.8 Å². The Morgan fingerprint density at radius 2 is 1.85 bits per heavy atom. The summed E-state index contributed by atoms with van der Waals surface area (Å²) < 4.78 is 41.8. The van der Waals surface area contributed by atoms with Crippen LogP contribution in [0, 0.1) is 11.8 Å². The molecule has 5 aliphatic rings. The van der Waals surface area contributed by atoms with E-state index in [0.29, 0.717) is 66.4 Å². The minimum absolute atomic E-state index is 0.000472. The summed E-state index contributed by atoms with van der Waals surface area (Å²) in [6.07, 6.45) is 11.1. The van der Waals surface area contributed by atoms with Gasteiger partial charge in [-0.05, 0) is 101 Å². The predicted molar refractivity (Wildman–Crippen MR) is 241 cm³/mol. The van der Waals surface area contributed by atoms with Crippen molar-refractivity contribution in [3.63, 3.8) is 0 Å². The SMILES string of the molecule is C=C1CCC(N2C(=O)c3cccc(NCC[C@H]4CN(CCN(C)CC5CCC(n6cc(NC(=O)c7coc(-c8ccnc(CCC9CC9)c8)n7)c(C(F)F)n6)CC5)CCO4)c3C2=O)C(=O)N1. The zero-order valence-corrected chi connectivity index (χ0v) is 37.4. The number of nitrogens with one attached hydrogen (secondary N) is 3. The van der Waals surface area contributed by atoms with Crippen LogP contribution in [0.25, 0.3) is 11.5 Å². The van der Waals surface area contributed by atoms with Crippen LogP contribution in [0.5, 0.6) is 0 Å². The van der Waals surface area contributed by atoms with Gasteiger partial charge in [0, 0.05) is 74.3 Å². The maximum atomic E-state index is 14.2. The van der Waals surface area contributed by atoms with Gasteiger partial charge in [-0.3, -0.25) is 38.6 Å². The van der Waals surface area contributed by atoms with Crippen LogP contribution >= 0.6 is 0 Å². The van der Waals surface area contributed by atoms with Gasteiger partial charge < -0.3 is 30.0 Å². The van der Waals surface area contributed by atoms with E-state index in [4.69, 9.17) is 9.15 Å². The highest BCUT2D eigenvalue weighted by Gasteiger charge is 2.45. The molecule has 4 amide bonds. The summed E-state index contributed by atoms with van der Waals surface area (Å²) in [5.74, 6) is -0.456. The third-order valence-electron chi connectivity index (χ3n) is 13.7. The summed E-state index contributed by atoms with van der Waals surface area (Å²) in [4.78, 5) is 67.3. The number of nitrogens with zero attached hydrogens (tertiary/aromatic N) is 7. The fourth-order valence-electron chi connectivity index (χ4n) is 9.76. The number of amides is 4. The van der Waals surface area contributed by atoms with Gasteiger partial charge in [-0.25, -0.2) is 13.8 Å². The number of anilines is 2. The van der Waals surface area contributed by atoms with E-state index in [1.807, 2.05) is 6.07 Å². The molecule has 0 radical (unpaired) electrons. The number of likely N-dealkylation sites (N-methyl/N-ethyl adjacent to an activating group) is 1. The number of aryl methyl sites for hydroxylation is 1. The highest BCUT2D eigenvalue weighted by atomic mass is 19.3. The van der Waals surface area contributed by atoms with Gasteiger partial charge in [-0.1, -0.05) is 25.5 Å². The van der Waals surface area contributed by atoms with E-state index in [1.165, 1.54) is 25.3 Å². The number of aromatic nitrogens is 4. The quantitative estimate of drug-likeness (QED) is 0.0899. The third kappa shape index (κ3) is 10.4. The lowest BCUT2D eigenvalue weighted by atomic mass is 9.86. The van der Waals surface area contributed by atoms with E-state index in [1.54, 1.807) is 35.1 Å². The summed E-state index contributed by atoms with van der Waals surface area (Å²) >= 11 is 0. The molecule has 0 bridgehead atoms. The number of hydrogen-bond acceptors (Lipinski definition) is 12. The maximum Gasteiger partial charge on any atom is 0.284 e. The maximum absolute atomic E-state index is 14.2. The van der Waals surface area contributed by atoms with Crippen molar-refractivity contribution in [2.45, 2.75) is 95.2 Å². The van der Waals surface area contributed by atoms with E-state index >= 15 is 0 Å². The van der Waals surface area contributed by atoms with Crippen molar-refractivity contribution in [3.05, 3.63) is 89.5 Å². The summed E-state index contributed by atoms with van der Waals surface area (Å²) in [5.41, 5.74) is 2.87. The van der Waals surface area contributed by atoms with E-state index in [0.717, 1.165) is 87.8 Å². The number of allylic oxidation sites excluding steroid dienone is 1. The number of rotatable bonds is 18. The minimum atomic E-state index is -2.87. The van der Waals surface area contributed by atoms with Crippen LogP contribution in [-0.2, 0) is 16.0 Å². The van der Waals surface area contributed by atoms with E-state index in [-0.39, 0.29) is 29.4 Å². The average Bonchev–Trinajstić information content (AvgIpc) is 3.71. The molecule has 2 atom stereocenters. The second kappa shape index (κ2) is 19.9. The smallest absolute Gasteiger partial charge is 0.284 e. The number of hydrogen-bond donors (Lipinski definition) is 3. The lowest BCUT2D eigenvalue weighted by Gasteiger charge is -2.35. The molecule has 2 saturated carbocycles. The first kappa shape index (κ1) is 45.3. The molecule has 3 aliphatic heterocycles. The van der Waals surface area contributed by atoms with Crippen molar-refractivity contribution in [2.24, 2.45) is 11.8 Å². The minimum Gasteiger partial charge on any atom is -0.444 e. The lowest BCUT2D eigenvalue weighted by Crippen LogP contribution is -2.51. The molecule has 4 aromatic rings. The number of halogens is 2. The lowest BCUT2D eigenvalue weighted by molar-refractivity contribution is -0.125. The van der Waals surface area contributed by atoms with Gasteiger partial charge in [0.05, 0.1) is 35.6 Å². The molecule has 3 N–H and O–H groups in total. The molecule has 1 aromatic carbocycles. The number of fused-ring (bicyclic) bond motifs is 1. The molecule has 3 aromatic heterocycles. The molecule has 0 spiro atoms. The highest BCUT2D eigenvalue weighted by Crippen LogP contribution is 2.37. The number of carbonyl (C=O) groups excluding carboxylic acids is 4. The van der Waals surface area contributed by atoms with Crippen molar-refractivity contribution >= 4 is 35.0 Å². The van der Waals surface area contributed by atoms with Crippen molar-refractivity contribution < 1.29 is 37.1 Å². The molecule has 18 heteroatoms. The first-order valence-electron chi connectivity index (χ1n) is 23.3. The van der Waals surface area contributed by atoms with E-state index in [2.05, 4.69) is 54.4 Å². The number of morpholine rings is 1. The van der Waals surface area contributed by atoms with Crippen LogP contribution in [0.1, 0.15) is 119 Å². The van der Waals surface area contributed by atoms with Crippen LogP contribution in [0.15, 0.2) is 65.7 Å². The van der Waals surface area contributed by atoms with Crippen LogP contribution in [0.2, 0.25) is 0 Å². The number of carbonyl (C=O) groups is 4. The van der Waals surface area contributed by atoms with E-state index < -0.39 is 41.8 Å². The zero-order chi connectivity index (χ0) is 45.9. The Labute approximate surface area is 382 Å². The number of piperidine rings is 1. The topological polar surface area (TPSA) is 180 Å². The van der Waals surface area contributed by atoms with Gasteiger partial charge in [0.15, 0.2) is 11.4 Å². The Morgan fingerprint density at radius 3 is 2.64 bits per heavy atom. The van der Waals surface area contributed by atoms with Gasteiger partial charge >= 0.3 is 0 Å². The number of imide groups is 1. The molecule has 2 aliphatic carbocycles. The average molecular weight is 909 g/mol. The largest absolute Gasteiger partial charge is 0.444 e. The van der Waals surface area contributed by atoms with Crippen LogP contribution in [0.4, 0.5) is 20.2 Å². The number of ether oxygens (including phenoxy) is 1. The van der Waals surface area contributed by atoms with Crippen molar-refractivity contribution in [1.29, 1.82) is 0 Å². The zero-order valence-electron chi connectivity index (χ0n) is 37.4. The van der Waals surface area contributed by atoms with Gasteiger partial charge in [0.1, 0.15) is 12.3 Å². The summed E-state index contributed by atoms with van der Waals surface area (Å²) in [6.45, 7) is 9.27. The fourth-order valence-corrected chi connectivity index (χ4v) is 9.76. The van der Waals surface area contributed by atoms with Gasteiger partial charge in [-0.2, -0.15) is 5.10 Å². The molecular formula is C48H58F2N10O6. The van der Waals surface area contributed by atoms with Crippen LogP contribution < -0.4 is 16.0 Å². The second-order valence-corrected chi connectivity index (χ2v) is 18.5. The standard InChI is InChI=1S/C48H58F2N10O6/c1-29-6-15-40(45(62)53-29)60-47(63)36-4-3-5-37(41(36)48(60)64)52-19-17-35-26-58(22-23-65-35)21-20-57(2)25-31-10-13-34(14-11-31)59-27-38(42(56-59)43(49)50)54-44(61)39-28-66-46(55-39)32-16-18-51-33(24-32)12-9-30-7-8-30/h3-5,16,18,24,27-28,30-31,34-35,40,43,52H,1,6-15,17,19-23,25-26H2,2H3,(H,53,62)(H,54,61)/t31?,34?,35-,40?/m0/s1. The summed E-state index contributed by atoms with van der Waals surface area (Å²) in [7, 11) is 2.14. The summed E-state index contributed by atoms with van der Waals surface area (Å²) in [5, 5.41) is 12.9. The molecule has 9 rings (SSSR count). The number of oxazole rings is 1. The Kier molecular flexibility index (Phi) is 13.7. The Morgan fingerprint density at radius 1 is 1.03 bits per heavy atom. The van der Waals surface area contributed by atoms with Gasteiger partial charge in [0.2, 0.25) is 11.8 Å².